The second-order valence-electron chi connectivity index (χ2n) is 4.13. The van der Waals surface area contributed by atoms with E-state index >= 15 is 0 Å². The Kier molecular flexibility index (Phi) is 4.00. The van der Waals surface area contributed by atoms with Crippen molar-refractivity contribution in [3.05, 3.63) is 69.8 Å². The second-order valence-corrected chi connectivity index (χ2v) is 4.13. The molecule has 1 atom stereocenters. The monoisotopic (exact) mass is 285 g/mol. The molecule has 104 valence electrons. The van der Waals surface area contributed by atoms with Crippen molar-refractivity contribution in [2.24, 2.45) is 0 Å². The highest BCUT2D eigenvalue weighted by atomic mass is 19.1. The fourth-order valence-corrected chi connectivity index (χ4v) is 1.80. The van der Waals surface area contributed by atoms with Gasteiger partial charge in [-0.05, 0) is 17.7 Å². The SMILES string of the molecule is N#CC(C(=O)c1ccc([N+](=O)[O-])cc1F)c1cccnc1. The maximum absolute atomic E-state index is 13.8. The third-order valence-electron chi connectivity index (χ3n) is 2.84. The van der Waals surface area contributed by atoms with Crippen molar-refractivity contribution in [2.75, 3.05) is 0 Å². The molecule has 1 unspecified atom stereocenters. The van der Waals surface area contributed by atoms with E-state index < -0.39 is 28.1 Å². The maximum atomic E-state index is 13.8. The number of rotatable bonds is 4. The van der Waals surface area contributed by atoms with Gasteiger partial charge < -0.3 is 0 Å². The highest BCUT2D eigenvalue weighted by Crippen LogP contribution is 2.23. The lowest BCUT2D eigenvalue weighted by Gasteiger charge is -2.08. The molecule has 21 heavy (non-hydrogen) atoms. The van der Waals surface area contributed by atoms with Crippen LogP contribution in [0.3, 0.4) is 0 Å². The topological polar surface area (TPSA) is 96.9 Å². The Morgan fingerprint density at radius 2 is 2.19 bits per heavy atom. The van der Waals surface area contributed by atoms with Gasteiger partial charge in [-0.15, -0.1) is 0 Å². The lowest BCUT2D eigenvalue weighted by atomic mass is 9.92. The number of halogens is 1. The highest BCUT2D eigenvalue weighted by molar-refractivity contribution is 6.03. The van der Waals surface area contributed by atoms with E-state index in [9.17, 15) is 19.3 Å². The molecule has 0 amide bonds. The summed E-state index contributed by atoms with van der Waals surface area (Å²) in [5, 5.41) is 19.7. The normalized spacial score (nSPS) is 11.4. The zero-order chi connectivity index (χ0) is 15.4. The van der Waals surface area contributed by atoms with E-state index in [0.29, 0.717) is 11.6 Å². The Balaban J connectivity index is 2.40. The molecular weight excluding hydrogens is 277 g/mol. The van der Waals surface area contributed by atoms with Crippen LogP contribution in [0.25, 0.3) is 0 Å². The second kappa shape index (κ2) is 5.88. The summed E-state index contributed by atoms with van der Waals surface area (Å²) in [7, 11) is 0. The number of Topliss-reactive ketones (excluding diaryl/α,β-unsaturated/α-hetero) is 1. The number of ketones is 1. The van der Waals surface area contributed by atoms with Gasteiger partial charge in [-0.2, -0.15) is 5.26 Å². The summed E-state index contributed by atoms with van der Waals surface area (Å²) in [4.78, 5) is 25.8. The maximum Gasteiger partial charge on any atom is 0.272 e. The number of pyridine rings is 1. The Morgan fingerprint density at radius 1 is 1.43 bits per heavy atom. The van der Waals surface area contributed by atoms with Crippen molar-refractivity contribution in [3.8, 4) is 6.07 Å². The molecule has 1 aromatic carbocycles. The first-order chi connectivity index (χ1) is 10.0. The quantitative estimate of drug-likeness (QED) is 0.488. The van der Waals surface area contributed by atoms with Crippen molar-refractivity contribution in [1.82, 2.24) is 4.98 Å². The zero-order valence-corrected chi connectivity index (χ0v) is 10.6. The van der Waals surface area contributed by atoms with Gasteiger partial charge in [0.05, 0.1) is 22.6 Å². The van der Waals surface area contributed by atoms with Crippen molar-refractivity contribution in [3.63, 3.8) is 0 Å². The predicted octanol–water partition coefficient (Wildman–Crippen LogP) is 2.62. The van der Waals surface area contributed by atoms with Crippen LogP contribution < -0.4 is 0 Å². The molecule has 0 aliphatic carbocycles. The molecule has 1 aromatic heterocycles. The molecule has 0 aliphatic heterocycles. The minimum absolute atomic E-state index is 0.336. The van der Waals surface area contributed by atoms with Crippen LogP contribution in [0.4, 0.5) is 10.1 Å². The van der Waals surface area contributed by atoms with Crippen molar-refractivity contribution >= 4 is 11.5 Å². The number of carbonyl (C=O) groups excluding carboxylic acids is 1. The van der Waals surface area contributed by atoms with E-state index in [1.807, 2.05) is 0 Å². The molecule has 2 aromatic rings. The molecule has 0 spiro atoms. The first-order valence-electron chi connectivity index (χ1n) is 5.82. The molecule has 0 aliphatic rings. The summed E-state index contributed by atoms with van der Waals surface area (Å²) < 4.78 is 13.8. The van der Waals surface area contributed by atoms with E-state index in [2.05, 4.69) is 4.98 Å². The fraction of sp³-hybridized carbons (Fsp3) is 0.0714. The lowest BCUT2D eigenvalue weighted by molar-refractivity contribution is -0.385. The number of hydrogen-bond donors (Lipinski definition) is 0. The number of nitro benzene ring substituents is 1. The fourth-order valence-electron chi connectivity index (χ4n) is 1.80. The van der Waals surface area contributed by atoms with E-state index in [4.69, 9.17) is 5.26 Å². The lowest BCUT2D eigenvalue weighted by Crippen LogP contribution is -2.13. The number of nitro groups is 1. The predicted molar refractivity (Wildman–Crippen MR) is 70.0 cm³/mol. The first-order valence-corrected chi connectivity index (χ1v) is 5.82. The van der Waals surface area contributed by atoms with Gasteiger partial charge in [-0.25, -0.2) is 4.39 Å². The zero-order valence-electron chi connectivity index (χ0n) is 10.6. The number of aromatic nitrogens is 1. The highest BCUT2D eigenvalue weighted by Gasteiger charge is 2.25. The summed E-state index contributed by atoms with van der Waals surface area (Å²) in [6.07, 6.45) is 2.82. The van der Waals surface area contributed by atoms with Gasteiger partial charge >= 0.3 is 0 Å². The average molecular weight is 285 g/mol. The molecule has 0 saturated carbocycles. The van der Waals surface area contributed by atoms with Crippen LogP contribution in [0, 0.1) is 27.3 Å². The number of hydrogen-bond acceptors (Lipinski definition) is 5. The van der Waals surface area contributed by atoms with Gasteiger partial charge in [0.15, 0.2) is 5.78 Å². The first kappa shape index (κ1) is 14.3. The van der Waals surface area contributed by atoms with E-state index in [0.717, 1.165) is 12.1 Å². The standard InChI is InChI=1S/C14H8FN3O3/c15-13-6-10(18(20)21)3-4-11(13)14(19)12(7-16)9-2-1-5-17-8-9/h1-6,8,12H. The van der Waals surface area contributed by atoms with Gasteiger partial charge in [-0.1, -0.05) is 6.07 Å². The van der Waals surface area contributed by atoms with Crippen LogP contribution in [0.15, 0.2) is 42.7 Å². The van der Waals surface area contributed by atoms with E-state index in [-0.39, 0.29) is 5.56 Å². The molecule has 7 heteroatoms. The summed E-state index contributed by atoms with van der Waals surface area (Å²) in [6, 6.07) is 7.57. The minimum atomic E-state index is -1.21. The molecule has 0 N–H and O–H groups in total. The van der Waals surface area contributed by atoms with Gasteiger partial charge in [0, 0.05) is 18.5 Å². The van der Waals surface area contributed by atoms with Crippen molar-refractivity contribution < 1.29 is 14.1 Å². The Hall–Kier alpha value is -3.14. The molecule has 6 nitrogen and oxygen atoms in total. The smallest absolute Gasteiger partial charge is 0.272 e. The summed E-state index contributed by atoms with van der Waals surface area (Å²) >= 11 is 0. The van der Waals surface area contributed by atoms with Crippen LogP contribution in [0.2, 0.25) is 0 Å². The van der Waals surface area contributed by atoms with Crippen LogP contribution >= 0.6 is 0 Å². The average Bonchev–Trinajstić information content (AvgIpc) is 2.48. The number of carbonyl (C=O) groups is 1. The number of nitrogens with zero attached hydrogens (tertiary/aromatic N) is 3. The van der Waals surface area contributed by atoms with Crippen molar-refractivity contribution in [2.45, 2.75) is 5.92 Å². The molecule has 1 heterocycles. The van der Waals surface area contributed by atoms with Crippen molar-refractivity contribution in [1.29, 1.82) is 5.26 Å². The summed E-state index contributed by atoms with van der Waals surface area (Å²) in [5.41, 5.74) is -0.488. The molecule has 0 fully saturated rings. The largest absolute Gasteiger partial charge is 0.292 e. The van der Waals surface area contributed by atoms with Gasteiger partial charge in [0.1, 0.15) is 11.7 Å². The molecule has 2 rings (SSSR count). The molecule has 0 bridgehead atoms. The Labute approximate surface area is 118 Å². The van der Waals surface area contributed by atoms with Gasteiger partial charge in [0.2, 0.25) is 0 Å². The Bertz CT molecular complexity index is 741. The number of benzene rings is 1. The number of nitriles is 1. The summed E-state index contributed by atoms with van der Waals surface area (Å²) in [5.74, 6) is -3.01. The summed E-state index contributed by atoms with van der Waals surface area (Å²) in [6.45, 7) is 0. The third-order valence-corrected chi connectivity index (χ3v) is 2.84. The van der Waals surface area contributed by atoms with Gasteiger partial charge in [-0.3, -0.25) is 19.9 Å². The van der Waals surface area contributed by atoms with Crippen LogP contribution in [-0.4, -0.2) is 15.7 Å². The Morgan fingerprint density at radius 3 is 2.71 bits per heavy atom. The molecular formula is C14H8FN3O3. The van der Waals surface area contributed by atoms with E-state index in [1.165, 1.54) is 18.5 Å². The van der Waals surface area contributed by atoms with Crippen LogP contribution in [-0.2, 0) is 0 Å². The van der Waals surface area contributed by atoms with E-state index in [1.54, 1.807) is 12.1 Å². The third kappa shape index (κ3) is 2.90. The van der Waals surface area contributed by atoms with Crippen LogP contribution in [0.5, 0.6) is 0 Å². The number of non-ortho nitro benzene ring substituents is 1. The van der Waals surface area contributed by atoms with Crippen LogP contribution in [0.1, 0.15) is 21.8 Å². The molecule has 0 saturated heterocycles. The van der Waals surface area contributed by atoms with Gasteiger partial charge in [0.25, 0.3) is 5.69 Å². The minimum Gasteiger partial charge on any atom is -0.292 e. The molecule has 0 radical (unpaired) electrons.